The third kappa shape index (κ3) is 4.83. The number of anilines is 1. The van der Waals surface area contributed by atoms with Gasteiger partial charge in [0.2, 0.25) is 0 Å². The topological polar surface area (TPSA) is 76.5 Å². The zero-order valence-corrected chi connectivity index (χ0v) is 18.9. The van der Waals surface area contributed by atoms with Crippen LogP contribution < -0.4 is 5.32 Å². The van der Waals surface area contributed by atoms with Crippen LogP contribution in [0.25, 0.3) is 33.3 Å². The second-order valence-corrected chi connectivity index (χ2v) is 8.09. The minimum absolute atomic E-state index is 0.00340. The van der Waals surface area contributed by atoms with Gasteiger partial charge in [-0.3, -0.25) is 19.9 Å². The molecule has 0 atom stereocenters. The van der Waals surface area contributed by atoms with Crippen molar-refractivity contribution in [2.45, 2.75) is 19.6 Å². The first-order valence-corrected chi connectivity index (χ1v) is 10.9. The van der Waals surface area contributed by atoms with Crippen molar-refractivity contribution in [3.63, 3.8) is 0 Å². The number of fused-ring (bicyclic) bond motifs is 1. The second-order valence-electron chi connectivity index (χ2n) is 8.09. The molecule has 0 amide bonds. The Kier molecular flexibility index (Phi) is 6.01. The molecule has 5 aromatic heterocycles. The summed E-state index contributed by atoms with van der Waals surface area (Å²) in [4.78, 5) is 20.5. The number of hydrogen-bond donors (Lipinski definition) is 1. The van der Waals surface area contributed by atoms with Crippen LogP contribution in [-0.4, -0.2) is 24.9 Å². The van der Waals surface area contributed by atoms with E-state index in [2.05, 4.69) is 30.2 Å². The molecule has 5 aromatic rings. The summed E-state index contributed by atoms with van der Waals surface area (Å²) in [5, 5.41) is 4.87. The first-order valence-electron chi connectivity index (χ1n) is 10.9. The first-order chi connectivity index (χ1) is 17.3. The monoisotopic (exact) mass is 490 g/mol. The number of alkyl halides is 3. The van der Waals surface area contributed by atoms with Crippen molar-refractivity contribution < 1.29 is 17.6 Å². The maximum atomic E-state index is 14.8. The Bertz CT molecular complexity index is 1570. The van der Waals surface area contributed by atoms with Crippen LogP contribution in [0, 0.1) is 12.7 Å². The number of rotatable bonds is 5. The normalized spacial score (nSPS) is 11.6. The van der Waals surface area contributed by atoms with Gasteiger partial charge >= 0.3 is 6.18 Å². The number of nitrogens with zero attached hydrogens (tertiary/aromatic N) is 5. The number of hydrogen-bond acceptors (Lipinski definition) is 6. The van der Waals surface area contributed by atoms with Gasteiger partial charge < -0.3 is 5.32 Å². The van der Waals surface area contributed by atoms with E-state index in [1.807, 2.05) is 31.2 Å². The van der Waals surface area contributed by atoms with Crippen LogP contribution in [0.3, 0.4) is 0 Å². The summed E-state index contributed by atoms with van der Waals surface area (Å²) in [7, 11) is 0. The fourth-order valence-electron chi connectivity index (χ4n) is 3.78. The van der Waals surface area contributed by atoms with Crippen LogP contribution in [0.2, 0.25) is 0 Å². The third-order valence-electron chi connectivity index (χ3n) is 5.52. The van der Waals surface area contributed by atoms with Crippen molar-refractivity contribution in [3.05, 3.63) is 96.2 Å². The number of pyridine rings is 5. The van der Waals surface area contributed by atoms with Gasteiger partial charge in [0.15, 0.2) is 0 Å². The van der Waals surface area contributed by atoms with Crippen molar-refractivity contribution in [1.29, 1.82) is 0 Å². The van der Waals surface area contributed by atoms with E-state index in [4.69, 9.17) is 0 Å². The number of nitrogens with one attached hydrogen (secondary N) is 1. The van der Waals surface area contributed by atoms with E-state index in [1.54, 1.807) is 18.6 Å². The molecule has 0 unspecified atom stereocenters. The summed E-state index contributed by atoms with van der Waals surface area (Å²) in [6.45, 7) is 2.11. The molecule has 0 radical (unpaired) electrons. The Morgan fingerprint density at radius 2 is 1.58 bits per heavy atom. The zero-order chi connectivity index (χ0) is 25.3. The van der Waals surface area contributed by atoms with E-state index in [0.29, 0.717) is 11.4 Å². The number of halogens is 4. The van der Waals surface area contributed by atoms with Crippen LogP contribution >= 0.6 is 0 Å². The zero-order valence-electron chi connectivity index (χ0n) is 18.9. The van der Waals surface area contributed by atoms with Crippen molar-refractivity contribution in [1.82, 2.24) is 24.9 Å². The first kappa shape index (κ1) is 23.3. The van der Waals surface area contributed by atoms with E-state index in [1.165, 1.54) is 18.3 Å². The highest BCUT2D eigenvalue weighted by Gasteiger charge is 2.32. The lowest BCUT2D eigenvalue weighted by atomic mass is 10.1. The molecule has 0 aliphatic heterocycles. The van der Waals surface area contributed by atoms with E-state index < -0.39 is 17.7 Å². The van der Waals surface area contributed by atoms with E-state index in [-0.39, 0.29) is 17.8 Å². The quantitative estimate of drug-likeness (QED) is 0.295. The molecule has 0 bridgehead atoms. The predicted octanol–water partition coefficient (Wildman–Crippen LogP) is 6.23. The van der Waals surface area contributed by atoms with E-state index in [0.717, 1.165) is 40.0 Å². The van der Waals surface area contributed by atoms with Gasteiger partial charge in [-0.1, -0.05) is 0 Å². The van der Waals surface area contributed by atoms with Gasteiger partial charge in [0, 0.05) is 59.7 Å². The fourth-order valence-corrected chi connectivity index (χ4v) is 3.78. The highest BCUT2D eigenvalue weighted by molar-refractivity contribution is 5.93. The lowest BCUT2D eigenvalue weighted by molar-refractivity contribution is -0.141. The molecule has 36 heavy (non-hydrogen) atoms. The molecule has 0 saturated carbocycles. The minimum Gasteiger partial charge on any atom is -0.365 e. The smallest absolute Gasteiger partial charge is 0.365 e. The summed E-state index contributed by atoms with van der Waals surface area (Å²) in [5.41, 5.74) is 1.85. The lowest BCUT2D eigenvalue weighted by Crippen LogP contribution is -2.08. The molecule has 0 aliphatic carbocycles. The van der Waals surface area contributed by atoms with Gasteiger partial charge in [-0.15, -0.1) is 0 Å². The largest absolute Gasteiger partial charge is 0.433 e. The highest BCUT2D eigenvalue weighted by Crippen LogP contribution is 2.31. The van der Waals surface area contributed by atoms with Crippen LogP contribution in [0.4, 0.5) is 23.4 Å². The highest BCUT2D eigenvalue weighted by atomic mass is 19.4. The van der Waals surface area contributed by atoms with E-state index in [9.17, 15) is 17.6 Å². The Morgan fingerprint density at radius 1 is 0.806 bits per heavy atom. The van der Waals surface area contributed by atoms with Gasteiger partial charge in [0.1, 0.15) is 23.0 Å². The van der Waals surface area contributed by atoms with Gasteiger partial charge in [-0.25, -0.2) is 9.37 Å². The summed E-state index contributed by atoms with van der Waals surface area (Å²) in [6, 6.07) is 11.0. The molecule has 0 aliphatic rings. The molecule has 180 valence electrons. The molecule has 0 fully saturated rings. The summed E-state index contributed by atoms with van der Waals surface area (Å²) in [6.07, 6.45) is 2.88. The maximum Gasteiger partial charge on any atom is 0.433 e. The summed E-state index contributed by atoms with van der Waals surface area (Å²) >= 11 is 0. The molecule has 5 rings (SSSR count). The van der Waals surface area contributed by atoms with Gasteiger partial charge in [-0.2, -0.15) is 13.2 Å². The molecule has 1 N–H and O–H groups in total. The van der Waals surface area contributed by atoms with Crippen LogP contribution in [0.1, 0.15) is 17.0 Å². The lowest BCUT2D eigenvalue weighted by Gasteiger charge is -2.11. The Hall–Kier alpha value is -4.47. The van der Waals surface area contributed by atoms with Gasteiger partial charge in [0.25, 0.3) is 0 Å². The van der Waals surface area contributed by atoms with Crippen LogP contribution in [0.5, 0.6) is 0 Å². The van der Waals surface area contributed by atoms with Gasteiger partial charge in [-0.05, 0) is 60.3 Å². The standard InChI is InChI=1S/C26H18F4N6/c1-15-8-18(3-5-31-15)22-10-17-2-7-33-25(20(17)14-34-22)36-13-16-9-21(27)24(35-12-16)19-4-6-32-23(11-19)26(28,29)30/h2-12,14H,13H2,1H3,(H,33,36). The van der Waals surface area contributed by atoms with Crippen molar-refractivity contribution in [2.75, 3.05) is 5.32 Å². The number of aromatic nitrogens is 5. The Labute approximate surface area is 203 Å². The third-order valence-corrected chi connectivity index (χ3v) is 5.52. The van der Waals surface area contributed by atoms with Crippen LogP contribution in [0.15, 0.2) is 73.4 Å². The molecule has 10 heteroatoms. The summed E-state index contributed by atoms with van der Waals surface area (Å²) in [5.74, 6) is -0.177. The Balaban J connectivity index is 1.36. The average Bonchev–Trinajstić information content (AvgIpc) is 2.87. The van der Waals surface area contributed by atoms with Crippen molar-refractivity contribution in [3.8, 4) is 22.5 Å². The minimum atomic E-state index is -4.63. The second kappa shape index (κ2) is 9.29. The van der Waals surface area contributed by atoms with Crippen molar-refractivity contribution in [2.24, 2.45) is 0 Å². The van der Waals surface area contributed by atoms with Crippen LogP contribution in [-0.2, 0) is 12.7 Å². The fraction of sp³-hybridized carbons (Fsp3) is 0.115. The van der Waals surface area contributed by atoms with Crippen molar-refractivity contribution >= 4 is 16.6 Å². The van der Waals surface area contributed by atoms with E-state index >= 15 is 0 Å². The molecule has 0 aromatic carbocycles. The SMILES string of the molecule is Cc1cc(-c2cc3ccnc(NCc4cnc(-c5ccnc(C(F)(F)F)c5)c(F)c4)c3cn2)ccn1. The molecular formula is C26H18F4N6. The summed E-state index contributed by atoms with van der Waals surface area (Å²) < 4.78 is 53.6. The molecular weight excluding hydrogens is 472 g/mol. The molecule has 0 spiro atoms. The average molecular weight is 490 g/mol. The van der Waals surface area contributed by atoms with Gasteiger partial charge in [0.05, 0.1) is 5.69 Å². The predicted molar refractivity (Wildman–Crippen MR) is 127 cm³/mol. The molecule has 0 saturated heterocycles. The number of aryl methyl sites for hydroxylation is 1. The Morgan fingerprint density at radius 3 is 2.36 bits per heavy atom. The molecule has 6 nitrogen and oxygen atoms in total. The molecule has 5 heterocycles. The maximum absolute atomic E-state index is 14.8.